The summed E-state index contributed by atoms with van der Waals surface area (Å²) in [6, 6.07) is 9.47. The van der Waals surface area contributed by atoms with Crippen molar-refractivity contribution in [3.63, 3.8) is 0 Å². The zero-order chi connectivity index (χ0) is 18.2. The Kier molecular flexibility index (Phi) is 6.68. The maximum atomic E-state index is 12.3. The Bertz CT molecular complexity index is 697. The summed E-state index contributed by atoms with van der Waals surface area (Å²) in [6.07, 6.45) is 3.42. The molecule has 0 bridgehead atoms. The number of carbonyl (C=O) groups excluding carboxylic acids is 2. The Hall–Kier alpha value is -2.70. The fourth-order valence-corrected chi connectivity index (χ4v) is 2.44. The Labute approximate surface area is 147 Å². The van der Waals surface area contributed by atoms with Crippen LogP contribution in [0.25, 0.3) is 0 Å². The van der Waals surface area contributed by atoms with Gasteiger partial charge in [-0.15, -0.1) is 5.10 Å². The summed E-state index contributed by atoms with van der Waals surface area (Å²) in [6.45, 7) is 4.34. The van der Waals surface area contributed by atoms with Gasteiger partial charge in [0, 0.05) is 6.54 Å². The van der Waals surface area contributed by atoms with Crippen LogP contribution in [0.5, 0.6) is 0 Å². The van der Waals surface area contributed by atoms with Gasteiger partial charge in [0.1, 0.15) is 6.04 Å². The SMILES string of the molecule is COC(=O)[C@@H](NC(=O)c1cn(CCCc2ccccc2)nn1)C(C)C. The second kappa shape index (κ2) is 8.96. The van der Waals surface area contributed by atoms with E-state index >= 15 is 0 Å². The molecule has 0 aliphatic carbocycles. The zero-order valence-corrected chi connectivity index (χ0v) is 14.8. The minimum Gasteiger partial charge on any atom is -0.467 e. The number of nitrogens with one attached hydrogen (secondary N) is 1. The van der Waals surface area contributed by atoms with E-state index in [9.17, 15) is 9.59 Å². The molecule has 0 saturated heterocycles. The number of esters is 1. The van der Waals surface area contributed by atoms with E-state index in [-0.39, 0.29) is 11.6 Å². The van der Waals surface area contributed by atoms with Gasteiger partial charge in [0.15, 0.2) is 5.69 Å². The van der Waals surface area contributed by atoms with Crippen molar-refractivity contribution < 1.29 is 14.3 Å². The molecule has 2 aromatic rings. The van der Waals surface area contributed by atoms with Crippen LogP contribution in [0.2, 0.25) is 0 Å². The first kappa shape index (κ1) is 18.6. The van der Waals surface area contributed by atoms with Gasteiger partial charge in [0.25, 0.3) is 5.91 Å². The predicted octanol–water partition coefficient (Wildman–Crippen LogP) is 1.84. The maximum absolute atomic E-state index is 12.3. The summed E-state index contributed by atoms with van der Waals surface area (Å²) in [5.74, 6) is -0.991. The average Bonchev–Trinajstić information content (AvgIpc) is 3.08. The standard InChI is InChI=1S/C18H24N4O3/c1-13(2)16(18(24)25-3)19-17(23)15-12-22(21-20-15)11-7-10-14-8-5-4-6-9-14/h4-6,8-9,12-13,16H,7,10-11H2,1-3H3,(H,19,23)/t16-/m0/s1. The molecular formula is C18H24N4O3. The minimum absolute atomic E-state index is 0.0858. The lowest BCUT2D eigenvalue weighted by molar-refractivity contribution is -0.144. The number of hydrogen-bond acceptors (Lipinski definition) is 5. The van der Waals surface area contributed by atoms with Gasteiger partial charge in [-0.1, -0.05) is 49.4 Å². The van der Waals surface area contributed by atoms with Crippen LogP contribution in [0.4, 0.5) is 0 Å². The summed E-state index contributed by atoms with van der Waals surface area (Å²) in [5.41, 5.74) is 1.45. The lowest BCUT2D eigenvalue weighted by atomic mass is 10.0. The van der Waals surface area contributed by atoms with Crippen LogP contribution in [0.15, 0.2) is 36.5 Å². The topological polar surface area (TPSA) is 86.1 Å². The lowest BCUT2D eigenvalue weighted by Gasteiger charge is -2.18. The molecule has 0 aliphatic rings. The lowest BCUT2D eigenvalue weighted by Crippen LogP contribution is -2.45. The number of carbonyl (C=O) groups is 2. The number of methoxy groups -OCH3 is 1. The van der Waals surface area contributed by atoms with Crippen molar-refractivity contribution in [2.45, 2.75) is 39.3 Å². The summed E-state index contributed by atoms with van der Waals surface area (Å²) in [4.78, 5) is 24.0. The molecule has 7 nitrogen and oxygen atoms in total. The van der Waals surface area contributed by atoms with Crippen molar-refractivity contribution in [2.24, 2.45) is 5.92 Å². The molecule has 0 unspecified atom stereocenters. The van der Waals surface area contributed by atoms with Gasteiger partial charge >= 0.3 is 5.97 Å². The molecular weight excluding hydrogens is 320 g/mol. The highest BCUT2D eigenvalue weighted by molar-refractivity contribution is 5.94. The summed E-state index contributed by atoms with van der Waals surface area (Å²) in [7, 11) is 1.30. The molecule has 134 valence electrons. The molecule has 0 spiro atoms. The van der Waals surface area contributed by atoms with E-state index in [2.05, 4.69) is 27.8 Å². The first-order valence-electron chi connectivity index (χ1n) is 8.34. The highest BCUT2D eigenvalue weighted by Crippen LogP contribution is 2.06. The van der Waals surface area contributed by atoms with Gasteiger partial charge in [-0.2, -0.15) is 0 Å². The molecule has 1 N–H and O–H groups in total. The zero-order valence-electron chi connectivity index (χ0n) is 14.8. The fraction of sp³-hybridized carbons (Fsp3) is 0.444. The smallest absolute Gasteiger partial charge is 0.328 e. The molecule has 7 heteroatoms. The minimum atomic E-state index is -0.708. The van der Waals surface area contributed by atoms with Crippen LogP contribution >= 0.6 is 0 Å². The van der Waals surface area contributed by atoms with Crippen molar-refractivity contribution >= 4 is 11.9 Å². The number of amides is 1. The van der Waals surface area contributed by atoms with Gasteiger partial charge in [-0.25, -0.2) is 4.79 Å². The van der Waals surface area contributed by atoms with E-state index in [0.717, 1.165) is 12.8 Å². The second-order valence-electron chi connectivity index (χ2n) is 6.17. The largest absolute Gasteiger partial charge is 0.467 e. The molecule has 1 atom stereocenters. The number of ether oxygens (including phenoxy) is 1. The van der Waals surface area contributed by atoms with Gasteiger partial charge in [-0.3, -0.25) is 9.48 Å². The Morgan fingerprint density at radius 2 is 1.96 bits per heavy atom. The quantitative estimate of drug-likeness (QED) is 0.739. The second-order valence-corrected chi connectivity index (χ2v) is 6.17. The first-order chi connectivity index (χ1) is 12.0. The van der Waals surface area contributed by atoms with Gasteiger partial charge in [0.2, 0.25) is 0 Å². The number of aryl methyl sites for hydroxylation is 2. The number of aromatic nitrogens is 3. The van der Waals surface area contributed by atoms with E-state index in [0.29, 0.717) is 6.54 Å². The van der Waals surface area contributed by atoms with Crippen molar-refractivity contribution in [1.29, 1.82) is 0 Å². The van der Waals surface area contributed by atoms with Crippen LogP contribution in [-0.2, 0) is 22.5 Å². The molecule has 1 aromatic heterocycles. The highest BCUT2D eigenvalue weighted by Gasteiger charge is 2.26. The number of benzene rings is 1. The monoisotopic (exact) mass is 344 g/mol. The number of nitrogens with zero attached hydrogens (tertiary/aromatic N) is 3. The van der Waals surface area contributed by atoms with Gasteiger partial charge in [0.05, 0.1) is 13.3 Å². The van der Waals surface area contributed by atoms with E-state index in [1.54, 1.807) is 10.9 Å². The predicted molar refractivity (Wildman–Crippen MR) is 92.9 cm³/mol. The summed E-state index contributed by atoms with van der Waals surface area (Å²) in [5, 5.41) is 10.5. The van der Waals surface area contributed by atoms with E-state index in [1.807, 2.05) is 32.0 Å². The van der Waals surface area contributed by atoms with E-state index in [1.165, 1.54) is 12.7 Å². The molecule has 2 rings (SSSR count). The van der Waals surface area contributed by atoms with E-state index in [4.69, 9.17) is 4.74 Å². The third kappa shape index (κ3) is 5.41. The van der Waals surface area contributed by atoms with Crippen LogP contribution in [-0.4, -0.2) is 40.0 Å². The molecule has 0 fully saturated rings. The first-order valence-corrected chi connectivity index (χ1v) is 8.34. The molecule has 25 heavy (non-hydrogen) atoms. The average molecular weight is 344 g/mol. The summed E-state index contributed by atoms with van der Waals surface area (Å²) >= 11 is 0. The third-order valence-electron chi connectivity index (χ3n) is 3.88. The van der Waals surface area contributed by atoms with Crippen LogP contribution in [0.3, 0.4) is 0 Å². The van der Waals surface area contributed by atoms with Crippen molar-refractivity contribution in [3.8, 4) is 0 Å². The molecule has 0 saturated carbocycles. The number of hydrogen-bond donors (Lipinski definition) is 1. The van der Waals surface area contributed by atoms with Gasteiger partial charge < -0.3 is 10.1 Å². The van der Waals surface area contributed by atoms with Crippen LogP contribution in [0.1, 0.15) is 36.3 Å². The molecule has 0 aliphatic heterocycles. The van der Waals surface area contributed by atoms with Crippen molar-refractivity contribution in [1.82, 2.24) is 20.3 Å². The molecule has 1 heterocycles. The highest BCUT2D eigenvalue weighted by atomic mass is 16.5. The number of rotatable bonds is 8. The van der Waals surface area contributed by atoms with E-state index < -0.39 is 17.9 Å². The fourth-order valence-electron chi connectivity index (χ4n) is 2.44. The third-order valence-corrected chi connectivity index (χ3v) is 3.88. The summed E-state index contributed by atoms with van der Waals surface area (Å²) < 4.78 is 6.36. The molecule has 1 aromatic carbocycles. The maximum Gasteiger partial charge on any atom is 0.328 e. The Morgan fingerprint density at radius 1 is 1.24 bits per heavy atom. The Morgan fingerprint density at radius 3 is 2.60 bits per heavy atom. The van der Waals surface area contributed by atoms with Gasteiger partial charge in [-0.05, 0) is 24.3 Å². The molecule has 0 radical (unpaired) electrons. The molecule has 1 amide bonds. The normalized spacial score (nSPS) is 12.0. The van der Waals surface area contributed by atoms with Crippen LogP contribution in [0, 0.1) is 5.92 Å². The van der Waals surface area contributed by atoms with Crippen molar-refractivity contribution in [2.75, 3.05) is 7.11 Å². The Balaban J connectivity index is 1.89. The van der Waals surface area contributed by atoms with Crippen molar-refractivity contribution in [3.05, 3.63) is 47.8 Å². The van der Waals surface area contributed by atoms with Crippen LogP contribution < -0.4 is 5.32 Å².